The molecule has 4 rings (SSSR count). The number of benzene rings is 3. The SMILES string of the molecule is COc1cc(-c2ccccc2)c(OC)c(S(=O)(=O)NC2CCN(Cc3ccccc3)CC2)c1. The zero-order chi connectivity index (χ0) is 23.3. The third kappa shape index (κ3) is 5.55. The minimum absolute atomic E-state index is 0.0925. The maximum Gasteiger partial charge on any atom is 0.244 e. The highest BCUT2D eigenvalue weighted by Crippen LogP contribution is 2.39. The van der Waals surface area contributed by atoms with Crippen molar-refractivity contribution in [3.8, 4) is 22.6 Å². The lowest BCUT2D eigenvalue weighted by atomic mass is 10.0. The molecule has 1 aliphatic heterocycles. The number of piperidine rings is 1. The van der Waals surface area contributed by atoms with Gasteiger partial charge in [-0.15, -0.1) is 0 Å². The van der Waals surface area contributed by atoms with Crippen molar-refractivity contribution < 1.29 is 17.9 Å². The van der Waals surface area contributed by atoms with Crippen LogP contribution >= 0.6 is 0 Å². The Morgan fingerprint density at radius 1 is 0.909 bits per heavy atom. The van der Waals surface area contributed by atoms with Crippen LogP contribution in [0.1, 0.15) is 18.4 Å². The molecule has 1 heterocycles. The number of likely N-dealkylation sites (tertiary alicyclic amines) is 1. The summed E-state index contributed by atoms with van der Waals surface area (Å²) < 4.78 is 40.8. The van der Waals surface area contributed by atoms with E-state index in [9.17, 15) is 8.42 Å². The van der Waals surface area contributed by atoms with Crippen LogP contribution in [0.4, 0.5) is 0 Å². The van der Waals surface area contributed by atoms with Crippen molar-refractivity contribution in [3.63, 3.8) is 0 Å². The number of hydrogen-bond acceptors (Lipinski definition) is 5. The quantitative estimate of drug-likeness (QED) is 0.536. The summed E-state index contributed by atoms with van der Waals surface area (Å²) in [5.74, 6) is 0.781. The minimum Gasteiger partial charge on any atom is -0.497 e. The maximum atomic E-state index is 13.4. The van der Waals surface area contributed by atoms with E-state index in [-0.39, 0.29) is 10.9 Å². The van der Waals surface area contributed by atoms with Gasteiger partial charge in [-0.2, -0.15) is 0 Å². The predicted molar refractivity (Wildman–Crippen MR) is 130 cm³/mol. The van der Waals surface area contributed by atoms with Gasteiger partial charge in [-0.1, -0.05) is 60.7 Å². The summed E-state index contributed by atoms with van der Waals surface area (Å²) in [6, 6.07) is 23.1. The molecule has 33 heavy (non-hydrogen) atoms. The Hall–Kier alpha value is -2.87. The first kappa shape index (κ1) is 23.3. The number of nitrogens with zero attached hydrogens (tertiary/aromatic N) is 1. The van der Waals surface area contributed by atoms with E-state index < -0.39 is 10.0 Å². The van der Waals surface area contributed by atoms with Gasteiger partial charge in [-0.3, -0.25) is 4.90 Å². The first-order valence-corrected chi connectivity index (χ1v) is 12.6. The van der Waals surface area contributed by atoms with E-state index in [2.05, 4.69) is 21.8 Å². The predicted octanol–water partition coefficient (Wildman–Crippen LogP) is 4.31. The summed E-state index contributed by atoms with van der Waals surface area (Å²) in [5.41, 5.74) is 2.81. The van der Waals surface area contributed by atoms with Crippen molar-refractivity contribution in [2.45, 2.75) is 30.3 Å². The number of nitrogens with one attached hydrogen (secondary N) is 1. The topological polar surface area (TPSA) is 67.9 Å². The number of rotatable bonds is 8. The Morgan fingerprint density at radius 2 is 1.55 bits per heavy atom. The molecular weight excluding hydrogens is 436 g/mol. The maximum absolute atomic E-state index is 13.4. The molecule has 0 unspecified atom stereocenters. The Bertz CT molecular complexity index is 1160. The van der Waals surface area contributed by atoms with E-state index in [1.807, 2.05) is 48.5 Å². The smallest absolute Gasteiger partial charge is 0.244 e. The highest BCUT2D eigenvalue weighted by Gasteiger charge is 2.29. The standard InChI is InChI=1S/C26H30N2O4S/c1-31-23-17-24(21-11-7-4-8-12-21)26(32-2)25(18-23)33(29,30)27-22-13-15-28(16-14-22)19-20-9-5-3-6-10-20/h3-12,17-18,22,27H,13-16,19H2,1-2H3. The molecule has 0 amide bonds. The van der Waals surface area contributed by atoms with E-state index in [0.717, 1.165) is 38.0 Å². The van der Waals surface area contributed by atoms with Crippen molar-refractivity contribution in [1.29, 1.82) is 0 Å². The van der Waals surface area contributed by atoms with Crippen molar-refractivity contribution in [1.82, 2.24) is 9.62 Å². The normalized spacial score (nSPS) is 15.3. The molecule has 3 aromatic rings. The second-order valence-corrected chi connectivity index (χ2v) is 9.91. The molecular formula is C26H30N2O4S. The summed E-state index contributed by atoms with van der Waals surface area (Å²) in [4.78, 5) is 2.45. The van der Waals surface area contributed by atoms with E-state index in [0.29, 0.717) is 17.1 Å². The zero-order valence-corrected chi connectivity index (χ0v) is 19.8. The Balaban J connectivity index is 1.53. The molecule has 0 bridgehead atoms. The minimum atomic E-state index is -3.82. The van der Waals surface area contributed by atoms with Gasteiger partial charge >= 0.3 is 0 Å². The van der Waals surface area contributed by atoms with Gasteiger partial charge in [0.1, 0.15) is 16.4 Å². The van der Waals surface area contributed by atoms with Crippen LogP contribution in [0.15, 0.2) is 77.7 Å². The van der Waals surface area contributed by atoms with Crippen molar-refractivity contribution in [3.05, 3.63) is 78.4 Å². The summed E-state index contributed by atoms with van der Waals surface area (Å²) in [6.07, 6.45) is 1.51. The van der Waals surface area contributed by atoms with Gasteiger partial charge in [0.05, 0.1) is 14.2 Å². The first-order chi connectivity index (χ1) is 16.0. The highest BCUT2D eigenvalue weighted by atomic mass is 32.2. The highest BCUT2D eigenvalue weighted by molar-refractivity contribution is 7.89. The lowest BCUT2D eigenvalue weighted by molar-refractivity contribution is 0.200. The zero-order valence-electron chi connectivity index (χ0n) is 19.0. The van der Waals surface area contributed by atoms with Gasteiger partial charge in [-0.25, -0.2) is 13.1 Å². The number of sulfonamides is 1. The van der Waals surface area contributed by atoms with E-state index in [4.69, 9.17) is 9.47 Å². The molecule has 174 valence electrons. The monoisotopic (exact) mass is 466 g/mol. The molecule has 1 N–H and O–H groups in total. The molecule has 1 fully saturated rings. The molecule has 0 aromatic heterocycles. The average molecular weight is 467 g/mol. The van der Waals surface area contributed by atoms with Crippen LogP contribution in [0, 0.1) is 0 Å². The van der Waals surface area contributed by atoms with Crippen LogP contribution in [-0.2, 0) is 16.6 Å². The number of hydrogen-bond donors (Lipinski definition) is 1. The summed E-state index contributed by atoms with van der Waals surface area (Å²) >= 11 is 0. The fraction of sp³-hybridized carbons (Fsp3) is 0.308. The van der Waals surface area contributed by atoms with Crippen molar-refractivity contribution in [2.75, 3.05) is 27.3 Å². The van der Waals surface area contributed by atoms with Gasteiger partial charge in [0.25, 0.3) is 0 Å². The van der Waals surface area contributed by atoms with Crippen LogP contribution in [0.3, 0.4) is 0 Å². The summed E-state index contributed by atoms with van der Waals surface area (Å²) in [5, 5.41) is 0. The van der Waals surface area contributed by atoms with E-state index in [1.165, 1.54) is 25.8 Å². The fourth-order valence-corrected chi connectivity index (χ4v) is 5.78. The van der Waals surface area contributed by atoms with Crippen LogP contribution in [0.2, 0.25) is 0 Å². The van der Waals surface area contributed by atoms with Gasteiger partial charge in [0.2, 0.25) is 10.0 Å². The summed E-state index contributed by atoms with van der Waals surface area (Å²) in [7, 11) is -0.790. The van der Waals surface area contributed by atoms with E-state index >= 15 is 0 Å². The molecule has 6 nitrogen and oxygen atoms in total. The van der Waals surface area contributed by atoms with Crippen molar-refractivity contribution >= 4 is 10.0 Å². The van der Waals surface area contributed by atoms with Crippen LogP contribution in [0.25, 0.3) is 11.1 Å². The second-order valence-electron chi connectivity index (χ2n) is 8.23. The molecule has 1 aliphatic rings. The van der Waals surface area contributed by atoms with Crippen LogP contribution in [-0.4, -0.2) is 46.7 Å². The third-order valence-electron chi connectivity index (χ3n) is 6.00. The second kappa shape index (κ2) is 10.4. The Labute approximate surface area is 196 Å². The van der Waals surface area contributed by atoms with Gasteiger partial charge < -0.3 is 9.47 Å². The average Bonchev–Trinajstić information content (AvgIpc) is 2.85. The largest absolute Gasteiger partial charge is 0.497 e. The summed E-state index contributed by atoms with van der Waals surface area (Å²) in [6.45, 7) is 2.56. The third-order valence-corrected chi connectivity index (χ3v) is 7.53. The van der Waals surface area contributed by atoms with Crippen LogP contribution in [0.5, 0.6) is 11.5 Å². The van der Waals surface area contributed by atoms with E-state index in [1.54, 1.807) is 6.07 Å². The molecule has 0 saturated carbocycles. The lowest BCUT2D eigenvalue weighted by Crippen LogP contribution is -2.44. The molecule has 3 aromatic carbocycles. The fourth-order valence-electron chi connectivity index (χ4n) is 4.27. The van der Waals surface area contributed by atoms with Gasteiger partial charge in [0.15, 0.2) is 0 Å². The van der Waals surface area contributed by atoms with Crippen LogP contribution < -0.4 is 14.2 Å². The van der Waals surface area contributed by atoms with Gasteiger partial charge in [0, 0.05) is 37.3 Å². The Kier molecular flexibility index (Phi) is 7.33. The molecule has 7 heteroatoms. The molecule has 0 radical (unpaired) electrons. The van der Waals surface area contributed by atoms with Crippen molar-refractivity contribution in [2.24, 2.45) is 0 Å². The molecule has 0 aliphatic carbocycles. The first-order valence-electron chi connectivity index (χ1n) is 11.1. The number of methoxy groups -OCH3 is 2. The van der Waals surface area contributed by atoms with Gasteiger partial charge in [-0.05, 0) is 30.0 Å². The number of ether oxygens (including phenoxy) is 2. The molecule has 0 spiro atoms. The molecule has 0 atom stereocenters. The molecule has 1 saturated heterocycles. The lowest BCUT2D eigenvalue weighted by Gasteiger charge is -2.32. The Morgan fingerprint density at radius 3 is 2.15 bits per heavy atom.